The number of thioether (sulfide) groups is 1. The Morgan fingerprint density at radius 2 is 1.88 bits per heavy atom. The number of aliphatic imine (C=N–C) groups is 1. The molecule has 1 aliphatic rings. The second-order valence-corrected chi connectivity index (χ2v) is 8.97. The average Bonchev–Trinajstić information content (AvgIpc) is 2.82. The number of nitrogens with zero attached hydrogens (tertiary/aromatic N) is 2. The van der Waals surface area contributed by atoms with Crippen molar-refractivity contribution in [2.24, 2.45) is 4.99 Å². The molecule has 0 aromatic heterocycles. The summed E-state index contributed by atoms with van der Waals surface area (Å²) in [6.07, 6.45) is 0.0774. The Bertz CT molecular complexity index is 1170. The third-order valence-corrected chi connectivity index (χ3v) is 6.43. The number of carbonyl (C=O) groups is 2. The van der Waals surface area contributed by atoms with Crippen LogP contribution < -0.4 is 10.1 Å². The fourth-order valence-electron chi connectivity index (χ4n) is 3.31. The first-order valence-electron chi connectivity index (χ1n) is 10.3. The summed E-state index contributed by atoms with van der Waals surface area (Å²) in [5.74, 6) is 0.338. The highest BCUT2D eigenvalue weighted by molar-refractivity contribution is 8.15. The van der Waals surface area contributed by atoms with Crippen LogP contribution >= 0.6 is 23.4 Å². The topological polar surface area (TPSA) is 71.0 Å². The van der Waals surface area contributed by atoms with Crippen molar-refractivity contribution in [1.29, 1.82) is 0 Å². The molecule has 3 aromatic rings. The van der Waals surface area contributed by atoms with Crippen molar-refractivity contribution >= 4 is 51.7 Å². The maximum atomic E-state index is 13.2. The molecular weight excluding hydrogens is 458 g/mol. The number of nitrogens with one attached hydrogen (secondary N) is 1. The number of methoxy groups -OCH3 is 1. The molecule has 0 radical (unpaired) electrons. The van der Waals surface area contributed by atoms with Gasteiger partial charge in [0.2, 0.25) is 11.8 Å². The molecule has 1 N–H and O–H groups in total. The van der Waals surface area contributed by atoms with Crippen LogP contribution in [0.15, 0.2) is 83.9 Å². The molecule has 1 fully saturated rings. The minimum atomic E-state index is -0.595. The number of hydrogen-bond donors (Lipinski definition) is 1. The maximum absolute atomic E-state index is 13.2. The Labute approximate surface area is 201 Å². The van der Waals surface area contributed by atoms with Gasteiger partial charge in [0.25, 0.3) is 0 Å². The third-order valence-electron chi connectivity index (χ3n) is 5.01. The zero-order chi connectivity index (χ0) is 23.2. The van der Waals surface area contributed by atoms with Gasteiger partial charge in [0, 0.05) is 17.1 Å². The van der Waals surface area contributed by atoms with E-state index in [2.05, 4.69) is 10.3 Å². The van der Waals surface area contributed by atoms with Gasteiger partial charge in [0.05, 0.1) is 19.3 Å². The molecule has 4 rings (SSSR count). The Balaban J connectivity index is 1.60. The van der Waals surface area contributed by atoms with Crippen LogP contribution in [-0.2, 0) is 16.1 Å². The molecule has 33 heavy (non-hydrogen) atoms. The lowest BCUT2D eigenvalue weighted by Crippen LogP contribution is -2.44. The summed E-state index contributed by atoms with van der Waals surface area (Å²) in [4.78, 5) is 32.4. The smallest absolute Gasteiger partial charge is 0.238 e. The lowest BCUT2D eigenvalue weighted by atomic mass is 10.2. The molecule has 0 saturated carbocycles. The van der Waals surface area contributed by atoms with Crippen LogP contribution in [0.4, 0.5) is 11.4 Å². The van der Waals surface area contributed by atoms with Crippen molar-refractivity contribution in [3.8, 4) is 5.75 Å². The number of carbonyl (C=O) groups excluding carboxylic acids is 2. The molecule has 1 heterocycles. The monoisotopic (exact) mass is 479 g/mol. The van der Waals surface area contributed by atoms with Gasteiger partial charge in [-0.15, -0.1) is 0 Å². The molecule has 1 atom stereocenters. The lowest BCUT2D eigenvalue weighted by Gasteiger charge is -2.32. The van der Waals surface area contributed by atoms with Gasteiger partial charge >= 0.3 is 0 Å². The van der Waals surface area contributed by atoms with Crippen molar-refractivity contribution in [2.45, 2.75) is 18.2 Å². The molecule has 168 valence electrons. The van der Waals surface area contributed by atoms with Crippen molar-refractivity contribution in [2.75, 3.05) is 12.4 Å². The van der Waals surface area contributed by atoms with Gasteiger partial charge < -0.3 is 10.1 Å². The first-order chi connectivity index (χ1) is 16.0. The maximum Gasteiger partial charge on any atom is 0.238 e. The molecular formula is C25H22ClN3O3S. The van der Waals surface area contributed by atoms with E-state index >= 15 is 0 Å². The Morgan fingerprint density at radius 1 is 1.12 bits per heavy atom. The number of benzene rings is 3. The highest BCUT2D eigenvalue weighted by Gasteiger charge is 2.36. The average molecular weight is 480 g/mol. The van der Waals surface area contributed by atoms with E-state index in [4.69, 9.17) is 16.3 Å². The van der Waals surface area contributed by atoms with Crippen LogP contribution in [0.25, 0.3) is 0 Å². The highest BCUT2D eigenvalue weighted by atomic mass is 35.5. The number of amidine groups is 1. The minimum absolute atomic E-state index is 0.0774. The first-order valence-corrected chi connectivity index (χ1v) is 11.6. The number of anilines is 1. The van der Waals surface area contributed by atoms with Gasteiger partial charge in [-0.05, 0) is 48.0 Å². The molecule has 0 bridgehead atoms. The van der Waals surface area contributed by atoms with Crippen LogP contribution in [0, 0.1) is 0 Å². The van der Waals surface area contributed by atoms with Crippen molar-refractivity contribution in [3.05, 3.63) is 89.4 Å². The number of halogens is 1. The van der Waals surface area contributed by atoms with Gasteiger partial charge in [-0.25, -0.2) is 4.99 Å². The number of ether oxygens (including phenoxy) is 1. The fourth-order valence-corrected chi connectivity index (χ4v) is 4.59. The van der Waals surface area contributed by atoms with Gasteiger partial charge in [0.1, 0.15) is 11.0 Å². The molecule has 6 nitrogen and oxygen atoms in total. The minimum Gasteiger partial charge on any atom is -0.497 e. The second-order valence-electron chi connectivity index (χ2n) is 7.37. The Morgan fingerprint density at radius 3 is 2.58 bits per heavy atom. The van der Waals surface area contributed by atoms with Crippen molar-refractivity contribution in [1.82, 2.24) is 4.90 Å². The SMILES string of the molecule is COc1ccc(CN2C(=O)CC(C(=O)Nc3ccccc3)SC2=Nc2cccc(Cl)c2)cc1. The Kier molecular flexibility index (Phi) is 7.32. The third kappa shape index (κ3) is 5.94. The summed E-state index contributed by atoms with van der Waals surface area (Å²) in [7, 11) is 1.61. The van der Waals surface area contributed by atoms with E-state index in [1.807, 2.05) is 60.7 Å². The standard InChI is InChI=1S/C25H22ClN3O3S/c1-32-21-12-10-17(11-13-21)16-29-23(30)15-22(24(31)27-19-7-3-2-4-8-19)33-25(29)28-20-9-5-6-18(26)14-20/h2-14,22H,15-16H2,1H3,(H,27,31). The summed E-state index contributed by atoms with van der Waals surface area (Å²) in [6.45, 7) is 0.336. The summed E-state index contributed by atoms with van der Waals surface area (Å²) in [5, 5.41) is 3.29. The lowest BCUT2D eigenvalue weighted by molar-refractivity contribution is -0.129. The van der Waals surface area contributed by atoms with Crippen LogP contribution in [-0.4, -0.2) is 34.2 Å². The van der Waals surface area contributed by atoms with Crippen molar-refractivity contribution in [3.63, 3.8) is 0 Å². The second kappa shape index (κ2) is 10.6. The highest BCUT2D eigenvalue weighted by Crippen LogP contribution is 2.31. The molecule has 3 aromatic carbocycles. The van der Waals surface area contributed by atoms with E-state index in [-0.39, 0.29) is 18.2 Å². The van der Waals surface area contributed by atoms with Gasteiger partial charge in [0.15, 0.2) is 5.17 Å². The van der Waals surface area contributed by atoms with Gasteiger partial charge in [-0.1, -0.05) is 59.8 Å². The number of rotatable bonds is 6. The predicted octanol–water partition coefficient (Wildman–Crippen LogP) is 5.51. The van der Waals surface area contributed by atoms with Crippen LogP contribution in [0.2, 0.25) is 5.02 Å². The Hall–Kier alpha value is -3.29. The first kappa shape index (κ1) is 22.9. The number of para-hydroxylation sites is 1. The number of hydrogen-bond acceptors (Lipinski definition) is 5. The molecule has 0 spiro atoms. The summed E-state index contributed by atoms with van der Waals surface area (Å²) >= 11 is 7.40. The fraction of sp³-hybridized carbons (Fsp3) is 0.160. The molecule has 1 aliphatic heterocycles. The van der Waals surface area contributed by atoms with E-state index in [1.165, 1.54) is 11.8 Å². The van der Waals surface area contributed by atoms with E-state index in [0.717, 1.165) is 11.3 Å². The predicted molar refractivity (Wildman–Crippen MR) is 133 cm³/mol. The van der Waals surface area contributed by atoms with Crippen LogP contribution in [0.5, 0.6) is 5.75 Å². The van der Waals surface area contributed by atoms with Gasteiger partial charge in [-0.3, -0.25) is 14.5 Å². The summed E-state index contributed by atoms with van der Waals surface area (Å²) < 4.78 is 5.22. The normalized spacial score (nSPS) is 17.2. The zero-order valence-corrected chi connectivity index (χ0v) is 19.5. The van der Waals surface area contributed by atoms with E-state index in [1.54, 1.807) is 30.2 Å². The van der Waals surface area contributed by atoms with Crippen LogP contribution in [0.1, 0.15) is 12.0 Å². The van der Waals surface area contributed by atoms with E-state index < -0.39 is 5.25 Å². The molecule has 8 heteroatoms. The molecule has 2 amide bonds. The largest absolute Gasteiger partial charge is 0.497 e. The van der Waals surface area contributed by atoms with Crippen molar-refractivity contribution < 1.29 is 14.3 Å². The molecule has 1 saturated heterocycles. The number of amides is 2. The quantitative estimate of drug-likeness (QED) is 0.506. The summed E-state index contributed by atoms with van der Waals surface area (Å²) in [5.41, 5.74) is 2.22. The summed E-state index contributed by atoms with van der Waals surface area (Å²) in [6, 6.07) is 23.8. The zero-order valence-electron chi connectivity index (χ0n) is 17.9. The van der Waals surface area contributed by atoms with E-state index in [9.17, 15) is 9.59 Å². The molecule has 1 unspecified atom stereocenters. The molecule has 0 aliphatic carbocycles. The van der Waals surface area contributed by atoms with Crippen LogP contribution in [0.3, 0.4) is 0 Å². The van der Waals surface area contributed by atoms with Gasteiger partial charge in [-0.2, -0.15) is 0 Å². The van der Waals surface area contributed by atoms with E-state index in [0.29, 0.717) is 28.1 Å².